The molecule has 3 rings (SSSR count). The number of rotatable bonds is 8. The number of para-hydroxylation sites is 1. The van der Waals surface area contributed by atoms with Crippen LogP contribution in [0.3, 0.4) is 0 Å². The molecule has 0 saturated carbocycles. The number of nitrogens with zero attached hydrogens (tertiary/aromatic N) is 4. The van der Waals surface area contributed by atoms with Crippen molar-refractivity contribution in [3.05, 3.63) is 48.0 Å². The van der Waals surface area contributed by atoms with Crippen molar-refractivity contribution in [3.63, 3.8) is 0 Å². The molecule has 2 aromatic rings. The molecule has 1 aliphatic heterocycles. The van der Waals surface area contributed by atoms with Gasteiger partial charge in [-0.25, -0.2) is 4.98 Å². The van der Waals surface area contributed by atoms with Gasteiger partial charge >= 0.3 is 0 Å². The second kappa shape index (κ2) is 9.55. The molecular weight excluding hydrogens is 340 g/mol. The molecule has 6 nitrogen and oxygen atoms in total. The van der Waals surface area contributed by atoms with Crippen LogP contribution in [0.5, 0.6) is 5.75 Å². The van der Waals surface area contributed by atoms with Crippen LogP contribution in [0.4, 0.5) is 0 Å². The van der Waals surface area contributed by atoms with Crippen molar-refractivity contribution in [2.75, 3.05) is 33.3 Å². The molecule has 2 heterocycles. The molecule has 0 atom stereocenters. The quantitative estimate of drug-likeness (QED) is 0.717. The molecule has 1 aliphatic rings. The molecule has 0 aliphatic carbocycles. The van der Waals surface area contributed by atoms with Gasteiger partial charge in [-0.15, -0.1) is 0 Å². The first-order chi connectivity index (χ1) is 13.1. The van der Waals surface area contributed by atoms with E-state index in [9.17, 15) is 4.79 Å². The van der Waals surface area contributed by atoms with E-state index in [1.165, 1.54) is 6.42 Å². The highest BCUT2D eigenvalue weighted by Gasteiger charge is 2.17. The number of carbonyl (C=O) groups is 1. The molecule has 0 radical (unpaired) electrons. The number of piperidine rings is 1. The lowest BCUT2D eigenvalue weighted by Crippen LogP contribution is -2.38. The summed E-state index contributed by atoms with van der Waals surface area (Å²) >= 11 is 0. The Kier molecular flexibility index (Phi) is 6.87. The lowest BCUT2D eigenvalue weighted by Gasteiger charge is -2.27. The molecule has 0 bridgehead atoms. The maximum absolute atomic E-state index is 12.4. The van der Waals surface area contributed by atoms with Gasteiger partial charge < -0.3 is 19.1 Å². The van der Waals surface area contributed by atoms with Crippen LogP contribution in [-0.2, 0) is 17.9 Å². The zero-order chi connectivity index (χ0) is 19.1. The van der Waals surface area contributed by atoms with Crippen LogP contribution in [-0.4, -0.2) is 58.5 Å². The highest BCUT2D eigenvalue weighted by Crippen LogP contribution is 2.20. The van der Waals surface area contributed by atoms with Crippen LogP contribution in [0, 0.1) is 6.92 Å². The molecule has 0 N–H and O–H groups in total. The molecule has 6 heteroatoms. The average molecular weight is 370 g/mol. The number of benzene rings is 1. The highest BCUT2D eigenvalue weighted by atomic mass is 16.5. The summed E-state index contributed by atoms with van der Waals surface area (Å²) in [5.41, 5.74) is 1.11. The van der Waals surface area contributed by atoms with Crippen LogP contribution in [0.25, 0.3) is 0 Å². The molecule has 27 heavy (non-hydrogen) atoms. The first-order valence-corrected chi connectivity index (χ1v) is 9.78. The Morgan fingerprint density at radius 2 is 2.00 bits per heavy atom. The maximum atomic E-state index is 12.4. The number of imidazole rings is 1. The van der Waals surface area contributed by atoms with E-state index in [4.69, 9.17) is 4.74 Å². The van der Waals surface area contributed by atoms with E-state index in [0.29, 0.717) is 0 Å². The Morgan fingerprint density at radius 3 is 2.74 bits per heavy atom. The van der Waals surface area contributed by atoms with Gasteiger partial charge in [-0.2, -0.15) is 0 Å². The summed E-state index contributed by atoms with van der Waals surface area (Å²) in [5.74, 6) is 1.92. The first kappa shape index (κ1) is 19.4. The van der Waals surface area contributed by atoms with Gasteiger partial charge in [0.2, 0.25) is 0 Å². The van der Waals surface area contributed by atoms with E-state index in [1.54, 1.807) is 0 Å². The first-order valence-electron chi connectivity index (χ1n) is 9.78. The number of aryl methyl sites for hydroxylation is 1. The number of likely N-dealkylation sites (tertiary alicyclic amines) is 1. The predicted octanol–water partition coefficient (Wildman–Crippen LogP) is 2.71. The molecule has 0 spiro atoms. The molecule has 1 aromatic carbocycles. The summed E-state index contributed by atoms with van der Waals surface area (Å²) in [6, 6.07) is 7.99. The largest absolute Gasteiger partial charge is 0.483 e. The Morgan fingerprint density at radius 1 is 1.22 bits per heavy atom. The summed E-state index contributed by atoms with van der Waals surface area (Å²) in [7, 11) is 2.10. The summed E-state index contributed by atoms with van der Waals surface area (Å²) in [6.45, 7) is 6.46. The fraction of sp³-hybridized carbons (Fsp3) is 0.524. The van der Waals surface area contributed by atoms with Crippen molar-refractivity contribution in [3.8, 4) is 5.75 Å². The molecule has 1 amide bonds. The van der Waals surface area contributed by atoms with Crippen molar-refractivity contribution in [2.24, 2.45) is 0 Å². The fourth-order valence-corrected chi connectivity index (χ4v) is 3.44. The molecule has 146 valence electrons. The van der Waals surface area contributed by atoms with E-state index >= 15 is 0 Å². The number of carbonyl (C=O) groups excluding carboxylic acids is 1. The van der Waals surface area contributed by atoms with Gasteiger partial charge in [-0.1, -0.05) is 18.2 Å². The van der Waals surface area contributed by atoms with Gasteiger partial charge in [0.1, 0.15) is 11.6 Å². The van der Waals surface area contributed by atoms with E-state index in [1.807, 2.05) is 42.4 Å². The number of aromatic nitrogens is 2. The average Bonchev–Trinajstić information content (AvgIpc) is 3.11. The smallest absolute Gasteiger partial charge is 0.260 e. The SMILES string of the molecule is Cc1nccn1CCN(C)Cc1ccccc1OCC(=O)N1CCCCC1. The minimum Gasteiger partial charge on any atom is -0.483 e. The third kappa shape index (κ3) is 5.57. The molecule has 1 saturated heterocycles. The Hall–Kier alpha value is -2.34. The van der Waals surface area contributed by atoms with Crippen molar-refractivity contribution in [2.45, 2.75) is 39.3 Å². The van der Waals surface area contributed by atoms with Gasteiger partial charge in [0.25, 0.3) is 5.91 Å². The molecule has 1 aromatic heterocycles. The van der Waals surface area contributed by atoms with E-state index < -0.39 is 0 Å². The normalized spacial score (nSPS) is 14.6. The van der Waals surface area contributed by atoms with Crippen molar-refractivity contribution in [1.82, 2.24) is 19.4 Å². The zero-order valence-electron chi connectivity index (χ0n) is 16.4. The summed E-state index contributed by atoms with van der Waals surface area (Å²) in [4.78, 5) is 20.8. The Balaban J connectivity index is 1.52. The summed E-state index contributed by atoms with van der Waals surface area (Å²) in [6.07, 6.45) is 7.26. The van der Waals surface area contributed by atoms with Crippen molar-refractivity contribution >= 4 is 5.91 Å². The monoisotopic (exact) mass is 370 g/mol. The van der Waals surface area contributed by atoms with Crippen LogP contribution in [0.15, 0.2) is 36.7 Å². The number of ether oxygens (including phenoxy) is 1. The van der Waals surface area contributed by atoms with Crippen LogP contribution in [0.1, 0.15) is 30.7 Å². The van der Waals surface area contributed by atoms with Crippen LogP contribution < -0.4 is 4.74 Å². The number of amides is 1. The van der Waals surface area contributed by atoms with Crippen LogP contribution in [0.2, 0.25) is 0 Å². The van der Waals surface area contributed by atoms with E-state index in [0.717, 1.165) is 62.7 Å². The maximum Gasteiger partial charge on any atom is 0.260 e. The van der Waals surface area contributed by atoms with Gasteiger partial charge in [0, 0.05) is 50.7 Å². The summed E-state index contributed by atoms with van der Waals surface area (Å²) < 4.78 is 8.04. The third-order valence-corrected chi connectivity index (χ3v) is 5.12. The number of hydrogen-bond acceptors (Lipinski definition) is 4. The second-order valence-corrected chi connectivity index (χ2v) is 7.24. The Labute approximate surface area is 161 Å². The predicted molar refractivity (Wildman–Crippen MR) is 106 cm³/mol. The van der Waals surface area contributed by atoms with E-state index in [2.05, 4.69) is 27.6 Å². The van der Waals surface area contributed by atoms with Gasteiger partial charge in [-0.3, -0.25) is 4.79 Å². The molecule has 1 fully saturated rings. The molecular formula is C21H30N4O2. The number of likely N-dealkylation sites (N-methyl/N-ethyl adjacent to an activating group) is 1. The minimum absolute atomic E-state index is 0.0911. The molecule has 0 unspecified atom stereocenters. The van der Waals surface area contributed by atoms with Gasteiger partial charge in [-0.05, 0) is 39.3 Å². The lowest BCUT2D eigenvalue weighted by molar-refractivity contribution is -0.134. The summed E-state index contributed by atoms with van der Waals surface area (Å²) in [5, 5.41) is 0. The van der Waals surface area contributed by atoms with Crippen molar-refractivity contribution in [1.29, 1.82) is 0 Å². The number of hydrogen-bond donors (Lipinski definition) is 0. The standard InChI is InChI=1S/C21H30N4O2/c1-18-22-10-13-24(18)15-14-23(2)16-19-8-4-5-9-20(19)27-17-21(26)25-11-6-3-7-12-25/h4-5,8-10,13H,3,6-7,11-12,14-17H2,1-2H3. The topological polar surface area (TPSA) is 50.6 Å². The zero-order valence-corrected chi connectivity index (χ0v) is 16.4. The fourth-order valence-electron chi connectivity index (χ4n) is 3.44. The second-order valence-electron chi connectivity index (χ2n) is 7.24. The van der Waals surface area contributed by atoms with Crippen LogP contribution >= 0.6 is 0 Å². The Bertz CT molecular complexity index is 737. The van der Waals surface area contributed by atoms with Gasteiger partial charge in [0.05, 0.1) is 0 Å². The lowest BCUT2D eigenvalue weighted by atomic mass is 10.1. The third-order valence-electron chi connectivity index (χ3n) is 5.12. The van der Waals surface area contributed by atoms with Gasteiger partial charge in [0.15, 0.2) is 6.61 Å². The van der Waals surface area contributed by atoms with Crippen molar-refractivity contribution < 1.29 is 9.53 Å². The highest BCUT2D eigenvalue weighted by molar-refractivity contribution is 5.77. The minimum atomic E-state index is 0.0911. The van der Waals surface area contributed by atoms with E-state index in [-0.39, 0.29) is 12.5 Å².